The summed E-state index contributed by atoms with van der Waals surface area (Å²) in [5.74, 6) is 0. The van der Waals surface area contributed by atoms with Crippen molar-refractivity contribution in [2.24, 2.45) is 5.11 Å². The third-order valence-electron chi connectivity index (χ3n) is 3.67. The molecular formula is C18H14N6O. The molecule has 0 amide bonds. The Morgan fingerprint density at radius 2 is 1.36 bits per heavy atom. The molecule has 0 aliphatic rings. The number of rotatable bonds is 4. The maximum absolute atomic E-state index is 12.7. The van der Waals surface area contributed by atoms with E-state index in [4.69, 9.17) is 0 Å². The van der Waals surface area contributed by atoms with Crippen LogP contribution in [0.3, 0.4) is 0 Å². The zero-order chi connectivity index (χ0) is 17.1. The minimum absolute atomic E-state index is 0.404. The fourth-order valence-electron chi connectivity index (χ4n) is 2.54. The van der Waals surface area contributed by atoms with E-state index in [1.807, 2.05) is 36.4 Å². The van der Waals surface area contributed by atoms with Crippen LogP contribution in [0.4, 0.5) is 11.4 Å². The Kier molecular flexibility index (Phi) is 3.80. The molecule has 0 aliphatic heterocycles. The first-order valence-corrected chi connectivity index (χ1v) is 7.70. The molecule has 0 spiro atoms. The van der Waals surface area contributed by atoms with E-state index >= 15 is 0 Å². The summed E-state index contributed by atoms with van der Waals surface area (Å²) < 4.78 is 3.31. The van der Waals surface area contributed by atoms with Gasteiger partial charge in [-0.25, -0.2) is 9.36 Å². The smallest absolute Gasteiger partial charge is 0.270 e. The first kappa shape index (κ1) is 14.8. The number of benzene rings is 2. The van der Waals surface area contributed by atoms with Gasteiger partial charge in [0, 0.05) is 36.0 Å². The molecule has 4 aromatic rings. The average molecular weight is 330 g/mol. The Morgan fingerprint density at radius 3 is 2.04 bits per heavy atom. The molecule has 25 heavy (non-hydrogen) atoms. The van der Waals surface area contributed by atoms with Crippen LogP contribution in [-0.4, -0.2) is 24.4 Å². The van der Waals surface area contributed by atoms with E-state index < -0.39 is 0 Å². The van der Waals surface area contributed by atoms with E-state index in [9.17, 15) is 5.21 Å². The molecule has 0 saturated carbocycles. The van der Waals surface area contributed by atoms with Crippen LogP contribution in [-0.2, 0) is 0 Å². The van der Waals surface area contributed by atoms with Crippen molar-refractivity contribution in [3.63, 3.8) is 0 Å². The van der Waals surface area contributed by atoms with Gasteiger partial charge in [-0.2, -0.15) is 10.2 Å². The van der Waals surface area contributed by atoms with Crippen molar-refractivity contribution >= 4 is 11.4 Å². The molecule has 122 valence electrons. The van der Waals surface area contributed by atoms with E-state index in [-0.39, 0.29) is 0 Å². The van der Waals surface area contributed by atoms with Gasteiger partial charge in [0.2, 0.25) is 0 Å². The van der Waals surface area contributed by atoms with Crippen LogP contribution in [0.2, 0.25) is 0 Å². The molecule has 0 radical (unpaired) electrons. The topological polar surface area (TPSA) is 74.1 Å². The van der Waals surface area contributed by atoms with Gasteiger partial charge in [0.25, 0.3) is 5.69 Å². The quantitative estimate of drug-likeness (QED) is 0.323. The van der Waals surface area contributed by atoms with Crippen LogP contribution in [0.5, 0.6) is 0 Å². The summed E-state index contributed by atoms with van der Waals surface area (Å²) in [5.41, 5.74) is 2.31. The zero-order valence-electron chi connectivity index (χ0n) is 13.2. The first-order chi connectivity index (χ1) is 12.3. The van der Waals surface area contributed by atoms with E-state index in [0.717, 1.165) is 5.69 Å². The normalized spacial score (nSPS) is 11.6. The molecular weight excluding hydrogens is 316 g/mol. The molecule has 0 bridgehead atoms. The highest BCUT2D eigenvalue weighted by molar-refractivity contribution is 5.56. The summed E-state index contributed by atoms with van der Waals surface area (Å²) >= 11 is 0. The first-order valence-electron chi connectivity index (χ1n) is 7.70. The molecule has 0 N–H and O–H groups in total. The summed E-state index contributed by atoms with van der Waals surface area (Å²) in [6.07, 6.45) is 6.93. The Labute approximate surface area is 143 Å². The second-order valence-electron chi connectivity index (χ2n) is 5.25. The highest BCUT2D eigenvalue weighted by Crippen LogP contribution is 2.27. The average Bonchev–Trinajstić information content (AvgIpc) is 3.36. The summed E-state index contributed by atoms with van der Waals surface area (Å²) in [6, 6.07) is 18.1. The zero-order valence-corrected chi connectivity index (χ0v) is 13.2. The predicted molar refractivity (Wildman–Crippen MR) is 92.5 cm³/mol. The molecule has 0 unspecified atom stereocenters. The third kappa shape index (κ3) is 2.90. The summed E-state index contributed by atoms with van der Waals surface area (Å²) in [5, 5.41) is 25.4. The van der Waals surface area contributed by atoms with Crippen molar-refractivity contribution in [1.29, 1.82) is 0 Å². The second-order valence-corrected chi connectivity index (χ2v) is 5.25. The molecule has 0 saturated heterocycles. The fraction of sp³-hybridized carbons (Fsp3) is 0. The van der Waals surface area contributed by atoms with Crippen molar-refractivity contribution in [1.82, 2.24) is 19.6 Å². The minimum Gasteiger partial charge on any atom is -0.594 e. The van der Waals surface area contributed by atoms with Crippen LogP contribution in [0.1, 0.15) is 0 Å². The third-order valence-corrected chi connectivity index (χ3v) is 3.67. The van der Waals surface area contributed by atoms with Crippen LogP contribution < -0.4 is 0 Å². The Bertz CT molecular complexity index is 1010. The highest BCUT2D eigenvalue weighted by Gasteiger charge is 2.15. The SMILES string of the molecule is [O-][N+](=Nc1ccccc1-n1cccn1)c1ccccc1-n1cccn1. The van der Waals surface area contributed by atoms with Gasteiger partial charge >= 0.3 is 0 Å². The molecule has 2 heterocycles. The molecule has 7 nitrogen and oxygen atoms in total. The van der Waals surface area contributed by atoms with Crippen molar-refractivity contribution in [2.75, 3.05) is 0 Å². The standard InChI is InChI=1S/C18H14N6O/c25-24(18-10-4-3-9-17(18)23-14-6-12-20-23)21-15-7-1-2-8-16(15)22-13-5-11-19-22/h1-14H. The largest absolute Gasteiger partial charge is 0.594 e. The molecule has 0 aliphatic carbocycles. The molecule has 2 aromatic heterocycles. The van der Waals surface area contributed by atoms with Gasteiger partial charge in [0.1, 0.15) is 5.69 Å². The lowest BCUT2D eigenvalue weighted by molar-refractivity contribution is -0.435. The van der Waals surface area contributed by atoms with Gasteiger partial charge in [-0.05, 0) is 35.2 Å². The highest BCUT2D eigenvalue weighted by atomic mass is 16.5. The van der Waals surface area contributed by atoms with Gasteiger partial charge in [-0.3, -0.25) is 0 Å². The van der Waals surface area contributed by atoms with Crippen LogP contribution in [0, 0.1) is 5.21 Å². The number of hydrogen-bond donors (Lipinski definition) is 0. The van der Waals surface area contributed by atoms with Gasteiger partial charge in [-0.1, -0.05) is 24.3 Å². The molecule has 0 atom stereocenters. The predicted octanol–water partition coefficient (Wildman–Crippen LogP) is 3.98. The number of azo groups is 1. The molecule has 7 heteroatoms. The lowest BCUT2D eigenvalue weighted by Gasteiger charge is -2.08. The summed E-state index contributed by atoms with van der Waals surface area (Å²) in [6.45, 7) is 0. The van der Waals surface area contributed by atoms with E-state index in [2.05, 4.69) is 15.3 Å². The van der Waals surface area contributed by atoms with E-state index in [1.54, 1.807) is 58.4 Å². The van der Waals surface area contributed by atoms with Crippen molar-refractivity contribution < 1.29 is 4.86 Å². The number of para-hydroxylation sites is 3. The van der Waals surface area contributed by atoms with Gasteiger partial charge in [0.15, 0.2) is 5.69 Å². The van der Waals surface area contributed by atoms with Crippen LogP contribution >= 0.6 is 0 Å². The summed E-state index contributed by atoms with van der Waals surface area (Å²) in [4.78, 5) is 0.610. The molecule has 2 aromatic carbocycles. The van der Waals surface area contributed by atoms with Gasteiger partial charge in [0.05, 0.1) is 5.69 Å². The molecule has 0 fully saturated rings. The maximum atomic E-state index is 12.7. The fourth-order valence-corrected chi connectivity index (χ4v) is 2.54. The number of hydrogen-bond acceptors (Lipinski definition) is 4. The maximum Gasteiger partial charge on any atom is 0.270 e. The van der Waals surface area contributed by atoms with Crippen molar-refractivity contribution in [3.05, 3.63) is 90.7 Å². The van der Waals surface area contributed by atoms with Gasteiger partial charge in [-0.15, -0.1) is 0 Å². The van der Waals surface area contributed by atoms with E-state index in [1.165, 1.54) is 0 Å². The van der Waals surface area contributed by atoms with Crippen LogP contribution in [0.25, 0.3) is 11.4 Å². The second kappa shape index (κ2) is 6.40. The summed E-state index contributed by atoms with van der Waals surface area (Å²) in [7, 11) is 0. The Morgan fingerprint density at radius 1 is 0.760 bits per heavy atom. The minimum atomic E-state index is 0.404. The Balaban J connectivity index is 1.80. The lowest BCUT2D eigenvalue weighted by Crippen LogP contribution is -2.01. The van der Waals surface area contributed by atoms with E-state index in [0.29, 0.717) is 21.9 Å². The lowest BCUT2D eigenvalue weighted by atomic mass is 10.2. The van der Waals surface area contributed by atoms with Crippen molar-refractivity contribution in [3.8, 4) is 11.4 Å². The van der Waals surface area contributed by atoms with Gasteiger partial charge < -0.3 is 5.21 Å². The number of nitrogens with zero attached hydrogens (tertiary/aromatic N) is 6. The van der Waals surface area contributed by atoms with Crippen molar-refractivity contribution in [2.45, 2.75) is 0 Å². The molecule has 4 rings (SSSR count). The monoisotopic (exact) mass is 330 g/mol. The number of aromatic nitrogens is 4. The Hall–Kier alpha value is -3.74. The van der Waals surface area contributed by atoms with Crippen LogP contribution in [0.15, 0.2) is 90.6 Å².